The molecule has 2 rings (SSSR count). The lowest BCUT2D eigenvalue weighted by molar-refractivity contribution is -0.0498. The van der Waals surface area contributed by atoms with Crippen LogP contribution in [0.3, 0.4) is 0 Å². The molecule has 0 aromatic heterocycles. The fourth-order valence-corrected chi connectivity index (χ4v) is 4.53. The second kappa shape index (κ2) is 6.15. The number of hydrogen-bond donors (Lipinski definition) is 1. The van der Waals surface area contributed by atoms with E-state index < -0.39 is 33.8 Å². The third kappa shape index (κ3) is 4.28. The molecule has 1 aromatic rings. The molecule has 1 saturated heterocycles. The molecule has 0 aliphatic carbocycles. The van der Waals surface area contributed by atoms with E-state index in [-0.39, 0.29) is 22.8 Å². The van der Waals surface area contributed by atoms with Crippen molar-refractivity contribution in [3.05, 3.63) is 29.8 Å². The lowest BCUT2D eigenvalue weighted by Gasteiger charge is -2.14. The molecule has 0 bridgehead atoms. The number of carbonyl (C=O) groups excluding carboxylic acids is 1. The zero-order chi connectivity index (χ0) is 15.6. The zero-order valence-corrected chi connectivity index (χ0v) is 12.2. The maximum atomic E-state index is 12.0. The van der Waals surface area contributed by atoms with Crippen LogP contribution in [0, 0.1) is 0 Å². The molecular weight excluding hydrogens is 328 g/mol. The van der Waals surface area contributed by atoms with E-state index in [2.05, 4.69) is 10.1 Å². The highest BCUT2D eigenvalue weighted by Gasteiger charge is 2.37. The molecule has 21 heavy (non-hydrogen) atoms. The molecule has 9 heteroatoms. The summed E-state index contributed by atoms with van der Waals surface area (Å²) in [4.78, 5) is 11.9. The van der Waals surface area contributed by atoms with Crippen molar-refractivity contribution in [2.45, 2.75) is 18.0 Å². The monoisotopic (exact) mass is 339 g/mol. The van der Waals surface area contributed by atoms with E-state index in [4.69, 9.17) is 11.6 Å². The Bertz CT molecular complexity index is 621. The molecule has 1 aliphatic rings. The summed E-state index contributed by atoms with van der Waals surface area (Å²) in [5.41, 5.74) is 0.199. The number of alkyl halides is 3. The molecule has 116 valence electrons. The highest BCUT2D eigenvalue weighted by atomic mass is 35.5. The predicted octanol–water partition coefficient (Wildman–Crippen LogP) is 1.42. The van der Waals surface area contributed by atoms with Crippen molar-refractivity contribution in [2.24, 2.45) is 0 Å². The molecule has 1 heterocycles. The Morgan fingerprint density at radius 3 is 2.38 bits per heavy atom. The highest BCUT2D eigenvalue weighted by molar-refractivity contribution is 7.91. The van der Waals surface area contributed by atoms with Crippen molar-refractivity contribution < 1.29 is 26.7 Å². The minimum absolute atomic E-state index is 0.0692. The van der Waals surface area contributed by atoms with Gasteiger partial charge in [0, 0.05) is 5.56 Å². The molecule has 2 unspecified atom stereocenters. The molecule has 0 spiro atoms. The number of hydrogen-bond acceptors (Lipinski definition) is 4. The van der Waals surface area contributed by atoms with Gasteiger partial charge in [-0.15, -0.1) is 11.6 Å². The summed E-state index contributed by atoms with van der Waals surface area (Å²) in [6.07, 6.45) is 0. The summed E-state index contributed by atoms with van der Waals surface area (Å²) in [5, 5.41) is 1.84. The highest BCUT2D eigenvalue weighted by Crippen LogP contribution is 2.19. The number of amides is 1. The average molecular weight is 340 g/mol. The molecule has 1 N–H and O–H groups in total. The van der Waals surface area contributed by atoms with Crippen LogP contribution in [-0.2, 0) is 9.84 Å². The fourth-order valence-electron chi connectivity index (χ4n) is 1.98. The van der Waals surface area contributed by atoms with Crippen molar-refractivity contribution in [1.82, 2.24) is 5.32 Å². The second-order valence-corrected chi connectivity index (χ2v) is 7.29. The Morgan fingerprint density at radius 1 is 1.29 bits per heavy atom. The lowest BCUT2D eigenvalue weighted by atomic mass is 10.2. The Morgan fingerprint density at radius 2 is 1.90 bits per heavy atom. The van der Waals surface area contributed by atoms with E-state index in [1.165, 1.54) is 24.3 Å². The van der Waals surface area contributed by atoms with Gasteiger partial charge in [-0.1, -0.05) is 0 Å². The normalized spacial score (nSPS) is 24.0. The summed E-state index contributed by atoms with van der Waals surface area (Å²) < 4.78 is 50.9. The van der Waals surface area contributed by atoms with Gasteiger partial charge in [0.15, 0.2) is 9.84 Å². The first-order valence-electron chi connectivity index (χ1n) is 5.97. The molecule has 5 nitrogen and oxygen atoms in total. The van der Waals surface area contributed by atoms with E-state index >= 15 is 0 Å². The van der Waals surface area contributed by atoms with Gasteiger partial charge < -0.3 is 10.1 Å². The first kappa shape index (κ1) is 16.0. The number of benzene rings is 1. The van der Waals surface area contributed by atoms with Crippen molar-refractivity contribution in [1.29, 1.82) is 0 Å². The van der Waals surface area contributed by atoms with Crippen LogP contribution >= 0.6 is 11.6 Å². The van der Waals surface area contributed by atoms with Gasteiger partial charge in [0.2, 0.25) is 0 Å². The average Bonchev–Trinajstić information content (AvgIpc) is 2.62. The standard InChI is InChI=1S/C12H12ClF2NO4S/c13-9-5-21(18,19)6-10(9)16-11(17)7-1-3-8(4-2-7)20-12(14)15/h1-4,9-10,12H,5-6H2,(H,16,17). The summed E-state index contributed by atoms with van der Waals surface area (Å²) in [6.45, 7) is -2.94. The van der Waals surface area contributed by atoms with Crippen LogP contribution in [0.25, 0.3) is 0 Å². The Labute approximate surface area is 125 Å². The van der Waals surface area contributed by atoms with Crippen LogP contribution in [-0.4, -0.2) is 43.9 Å². The third-order valence-corrected chi connectivity index (χ3v) is 5.32. The van der Waals surface area contributed by atoms with Gasteiger partial charge in [0.1, 0.15) is 5.75 Å². The van der Waals surface area contributed by atoms with E-state index in [1.54, 1.807) is 0 Å². The molecule has 1 aromatic carbocycles. The number of ether oxygens (including phenoxy) is 1. The molecular formula is C12H12ClF2NO4S. The van der Waals surface area contributed by atoms with Gasteiger partial charge in [-0.25, -0.2) is 8.42 Å². The SMILES string of the molecule is O=C(NC1CS(=O)(=O)CC1Cl)c1ccc(OC(F)F)cc1. The number of rotatable bonds is 4. The largest absolute Gasteiger partial charge is 0.435 e. The minimum Gasteiger partial charge on any atom is -0.435 e. The number of nitrogens with one attached hydrogen (secondary N) is 1. The van der Waals surface area contributed by atoms with Crippen molar-refractivity contribution >= 4 is 27.3 Å². The quantitative estimate of drug-likeness (QED) is 0.842. The lowest BCUT2D eigenvalue weighted by Crippen LogP contribution is -2.40. The Balaban J connectivity index is 2.01. The number of carbonyl (C=O) groups is 1. The van der Waals surface area contributed by atoms with Crippen molar-refractivity contribution in [3.8, 4) is 5.75 Å². The van der Waals surface area contributed by atoms with Crippen LogP contribution in [0.15, 0.2) is 24.3 Å². The minimum atomic E-state index is -3.24. The number of sulfone groups is 1. The Hall–Kier alpha value is -1.41. The van der Waals surface area contributed by atoms with Gasteiger partial charge in [-0.3, -0.25) is 4.79 Å². The maximum absolute atomic E-state index is 12.0. The van der Waals surface area contributed by atoms with Crippen molar-refractivity contribution in [3.63, 3.8) is 0 Å². The molecule has 2 atom stereocenters. The molecule has 1 aliphatic heterocycles. The molecule has 0 saturated carbocycles. The first-order chi connectivity index (χ1) is 9.77. The topological polar surface area (TPSA) is 72.5 Å². The first-order valence-corrected chi connectivity index (χ1v) is 8.23. The van der Waals surface area contributed by atoms with Crippen LogP contribution < -0.4 is 10.1 Å². The summed E-state index contributed by atoms with van der Waals surface area (Å²) in [7, 11) is -3.24. The fraction of sp³-hybridized carbons (Fsp3) is 0.417. The van der Waals surface area contributed by atoms with E-state index in [0.717, 1.165) is 0 Å². The summed E-state index contributed by atoms with van der Waals surface area (Å²) in [6, 6.07) is 4.40. The van der Waals surface area contributed by atoms with Crippen molar-refractivity contribution in [2.75, 3.05) is 11.5 Å². The van der Waals surface area contributed by atoms with Gasteiger partial charge in [-0.2, -0.15) is 8.78 Å². The third-order valence-electron chi connectivity index (χ3n) is 2.94. The van der Waals surface area contributed by atoms with Gasteiger partial charge in [0.25, 0.3) is 5.91 Å². The molecule has 1 fully saturated rings. The predicted molar refractivity (Wildman–Crippen MR) is 72.6 cm³/mol. The van der Waals surface area contributed by atoms with Crippen LogP contribution in [0.2, 0.25) is 0 Å². The summed E-state index contributed by atoms with van der Waals surface area (Å²) in [5.74, 6) is -0.980. The van der Waals surface area contributed by atoms with Gasteiger partial charge >= 0.3 is 6.61 Å². The second-order valence-electron chi connectivity index (χ2n) is 4.58. The van der Waals surface area contributed by atoms with E-state index in [0.29, 0.717) is 0 Å². The van der Waals surface area contributed by atoms with Crippen LogP contribution in [0.5, 0.6) is 5.75 Å². The molecule has 0 radical (unpaired) electrons. The Kier molecular flexibility index (Phi) is 4.67. The van der Waals surface area contributed by atoms with E-state index in [1.807, 2.05) is 0 Å². The summed E-state index contributed by atoms with van der Waals surface area (Å²) >= 11 is 5.88. The maximum Gasteiger partial charge on any atom is 0.387 e. The molecule has 1 amide bonds. The smallest absolute Gasteiger partial charge is 0.387 e. The zero-order valence-electron chi connectivity index (χ0n) is 10.6. The van der Waals surface area contributed by atoms with Gasteiger partial charge in [0.05, 0.1) is 22.9 Å². The van der Waals surface area contributed by atoms with Gasteiger partial charge in [-0.05, 0) is 24.3 Å². The number of halogens is 3. The van der Waals surface area contributed by atoms with Crippen LogP contribution in [0.1, 0.15) is 10.4 Å². The van der Waals surface area contributed by atoms with Crippen LogP contribution in [0.4, 0.5) is 8.78 Å². The van der Waals surface area contributed by atoms with E-state index in [9.17, 15) is 22.0 Å².